The van der Waals surface area contributed by atoms with E-state index in [1.165, 1.54) is 6.08 Å². The van der Waals surface area contributed by atoms with E-state index in [4.69, 9.17) is 34.8 Å². The van der Waals surface area contributed by atoms with E-state index in [2.05, 4.69) is 0 Å². The molecule has 0 amide bonds. The SMILES string of the molecule is O=C(Cl)C=C1CCc2c(Cl)cc(Cl)cc21. The predicted octanol–water partition coefficient (Wildman–Crippen LogP) is 4.09. The number of benzene rings is 1. The molecule has 15 heavy (non-hydrogen) atoms. The van der Waals surface area contributed by atoms with Gasteiger partial charge in [0.15, 0.2) is 0 Å². The number of carbonyl (C=O) groups is 1. The Balaban J connectivity index is 2.55. The van der Waals surface area contributed by atoms with Crippen LogP contribution in [-0.4, -0.2) is 5.24 Å². The maximum absolute atomic E-state index is 10.8. The maximum Gasteiger partial charge on any atom is 0.245 e. The van der Waals surface area contributed by atoms with Gasteiger partial charge in [0.05, 0.1) is 0 Å². The first-order valence-corrected chi connectivity index (χ1v) is 5.59. The van der Waals surface area contributed by atoms with E-state index in [0.29, 0.717) is 10.0 Å². The highest BCUT2D eigenvalue weighted by molar-refractivity contribution is 6.67. The van der Waals surface area contributed by atoms with Gasteiger partial charge in [-0.2, -0.15) is 0 Å². The van der Waals surface area contributed by atoms with Gasteiger partial charge in [0.1, 0.15) is 0 Å². The third-order valence-corrected chi connectivity index (χ3v) is 3.10. The minimum Gasteiger partial charge on any atom is -0.276 e. The molecular formula is C11H7Cl3O. The van der Waals surface area contributed by atoms with Crippen molar-refractivity contribution in [2.24, 2.45) is 0 Å². The molecule has 0 unspecified atom stereocenters. The number of carbonyl (C=O) groups excluding carboxylic acids is 1. The molecule has 0 N–H and O–H groups in total. The quantitative estimate of drug-likeness (QED) is 0.550. The summed E-state index contributed by atoms with van der Waals surface area (Å²) in [6, 6.07) is 3.54. The van der Waals surface area contributed by atoms with E-state index in [9.17, 15) is 4.79 Å². The van der Waals surface area contributed by atoms with Crippen molar-refractivity contribution in [2.75, 3.05) is 0 Å². The molecule has 1 nitrogen and oxygen atoms in total. The molecule has 0 radical (unpaired) electrons. The molecule has 0 fully saturated rings. The normalized spacial score (nSPS) is 16.9. The van der Waals surface area contributed by atoms with E-state index in [1.807, 2.05) is 6.07 Å². The van der Waals surface area contributed by atoms with Gasteiger partial charge < -0.3 is 0 Å². The molecule has 1 aromatic rings. The minimum absolute atomic E-state index is 0.464. The fourth-order valence-corrected chi connectivity index (χ4v) is 2.54. The third-order valence-electron chi connectivity index (χ3n) is 2.44. The van der Waals surface area contributed by atoms with Crippen LogP contribution in [0.2, 0.25) is 10.0 Å². The Hall–Kier alpha value is -0.500. The fraction of sp³-hybridized carbons (Fsp3) is 0.182. The van der Waals surface area contributed by atoms with Gasteiger partial charge >= 0.3 is 0 Å². The Bertz CT molecular complexity index is 463. The number of halogens is 3. The van der Waals surface area contributed by atoms with E-state index in [0.717, 1.165) is 29.5 Å². The highest BCUT2D eigenvalue weighted by Gasteiger charge is 2.20. The Morgan fingerprint density at radius 1 is 1.27 bits per heavy atom. The van der Waals surface area contributed by atoms with Gasteiger partial charge in [0.25, 0.3) is 0 Å². The van der Waals surface area contributed by atoms with Crippen LogP contribution in [0.15, 0.2) is 18.2 Å². The molecule has 1 aromatic carbocycles. The number of hydrogen-bond acceptors (Lipinski definition) is 1. The first-order chi connectivity index (χ1) is 7.08. The van der Waals surface area contributed by atoms with E-state index >= 15 is 0 Å². The molecule has 0 saturated heterocycles. The van der Waals surface area contributed by atoms with Crippen LogP contribution < -0.4 is 0 Å². The monoisotopic (exact) mass is 260 g/mol. The lowest BCUT2D eigenvalue weighted by molar-refractivity contribution is -0.107. The number of fused-ring (bicyclic) bond motifs is 1. The van der Waals surface area contributed by atoms with Gasteiger partial charge in [-0.3, -0.25) is 4.79 Å². The second-order valence-electron chi connectivity index (χ2n) is 3.39. The van der Waals surface area contributed by atoms with Crippen LogP contribution >= 0.6 is 34.8 Å². The smallest absolute Gasteiger partial charge is 0.245 e. The Morgan fingerprint density at radius 2 is 2.00 bits per heavy atom. The summed E-state index contributed by atoms with van der Waals surface area (Å²) in [5.74, 6) is 0. The van der Waals surface area contributed by atoms with Crippen molar-refractivity contribution in [1.29, 1.82) is 0 Å². The molecule has 0 aromatic heterocycles. The third kappa shape index (κ3) is 2.20. The zero-order valence-corrected chi connectivity index (χ0v) is 9.96. The molecule has 1 aliphatic carbocycles. The summed E-state index contributed by atoms with van der Waals surface area (Å²) in [6.07, 6.45) is 3.05. The molecule has 0 spiro atoms. The average molecular weight is 262 g/mol. The molecule has 2 rings (SSSR count). The van der Waals surface area contributed by atoms with Gasteiger partial charge in [0.2, 0.25) is 5.24 Å². The van der Waals surface area contributed by atoms with Gasteiger partial charge in [-0.25, -0.2) is 0 Å². The zero-order valence-electron chi connectivity index (χ0n) is 7.69. The van der Waals surface area contributed by atoms with Crippen molar-refractivity contribution in [3.05, 3.63) is 39.4 Å². The Morgan fingerprint density at radius 3 is 2.67 bits per heavy atom. The highest BCUT2D eigenvalue weighted by Crippen LogP contribution is 2.38. The maximum atomic E-state index is 10.8. The second kappa shape index (κ2) is 4.17. The predicted molar refractivity (Wildman–Crippen MR) is 63.6 cm³/mol. The van der Waals surface area contributed by atoms with Gasteiger partial charge in [-0.15, -0.1) is 0 Å². The molecule has 4 heteroatoms. The van der Waals surface area contributed by atoms with Crippen LogP contribution in [0.5, 0.6) is 0 Å². The topological polar surface area (TPSA) is 17.1 Å². The highest BCUT2D eigenvalue weighted by atomic mass is 35.5. The lowest BCUT2D eigenvalue weighted by Crippen LogP contribution is -1.85. The van der Waals surface area contributed by atoms with Gasteiger partial charge in [-0.05, 0) is 53.3 Å². The van der Waals surface area contributed by atoms with Crippen molar-refractivity contribution >= 4 is 45.6 Å². The van der Waals surface area contributed by atoms with Crippen molar-refractivity contribution < 1.29 is 4.79 Å². The van der Waals surface area contributed by atoms with Gasteiger partial charge in [-0.1, -0.05) is 23.2 Å². The molecule has 78 valence electrons. The molecule has 1 aliphatic rings. The van der Waals surface area contributed by atoms with Crippen LogP contribution in [0.25, 0.3) is 5.57 Å². The largest absolute Gasteiger partial charge is 0.276 e. The van der Waals surface area contributed by atoms with Crippen LogP contribution in [0.3, 0.4) is 0 Å². The Kier molecular flexibility index (Phi) is 3.06. The summed E-state index contributed by atoms with van der Waals surface area (Å²) in [5.41, 5.74) is 2.90. The molecule has 0 atom stereocenters. The van der Waals surface area contributed by atoms with Gasteiger partial charge in [0, 0.05) is 16.1 Å². The van der Waals surface area contributed by atoms with Crippen molar-refractivity contribution in [3.63, 3.8) is 0 Å². The summed E-state index contributed by atoms with van der Waals surface area (Å²) >= 11 is 17.3. The fourth-order valence-electron chi connectivity index (χ4n) is 1.83. The van der Waals surface area contributed by atoms with Crippen LogP contribution in [0, 0.1) is 0 Å². The van der Waals surface area contributed by atoms with Crippen LogP contribution in [0.1, 0.15) is 17.5 Å². The number of hydrogen-bond donors (Lipinski definition) is 0. The summed E-state index contributed by atoms with van der Waals surface area (Å²) in [5, 5.41) is 0.769. The number of rotatable bonds is 1. The molecule has 0 saturated carbocycles. The lowest BCUT2D eigenvalue weighted by atomic mass is 10.1. The molecule has 0 bridgehead atoms. The average Bonchev–Trinajstić information content (AvgIpc) is 2.48. The lowest BCUT2D eigenvalue weighted by Gasteiger charge is -2.03. The summed E-state index contributed by atoms with van der Waals surface area (Å²) in [7, 11) is 0. The van der Waals surface area contributed by atoms with Crippen molar-refractivity contribution in [1.82, 2.24) is 0 Å². The zero-order chi connectivity index (χ0) is 11.0. The summed E-state index contributed by atoms with van der Waals surface area (Å²) in [4.78, 5) is 10.8. The first kappa shape index (κ1) is 11.0. The molecule has 0 heterocycles. The van der Waals surface area contributed by atoms with Crippen molar-refractivity contribution in [3.8, 4) is 0 Å². The Labute approximate surface area is 103 Å². The van der Waals surface area contributed by atoms with E-state index < -0.39 is 5.24 Å². The van der Waals surface area contributed by atoms with E-state index in [-0.39, 0.29) is 0 Å². The number of allylic oxidation sites excluding steroid dienone is 2. The second-order valence-corrected chi connectivity index (χ2v) is 4.60. The first-order valence-electron chi connectivity index (χ1n) is 4.46. The molecular weight excluding hydrogens is 254 g/mol. The van der Waals surface area contributed by atoms with E-state index in [1.54, 1.807) is 6.07 Å². The molecule has 0 aliphatic heterocycles. The van der Waals surface area contributed by atoms with Crippen LogP contribution in [-0.2, 0) is 11.2 Å². The summed E-state index contributed by atoms with van der Waals surface area (Å²) < 4.78 is 0. The summed E-state index contributed by atoms with van der Waals surface area (Å²) in [6.45, 7) is 0. The van der Waals surface area contributed by atoms with Crippen LogP contribution in [0.4, 0.5) is 0 Å². The standard InChI is InChI=1S/C11H7Cl3O/c12-7-4-9-6(3-11(14)15)1-2-8(9)10(13)5-7/h3-5H,1-2H2. The minimum atomic E-state index is -0.464. The van der Waals surface area contributed by atoms with Crippen molar-refractivity contribution in [2.45, 2.75) is 12.8 Å².